The van der Waals surface area contributed by atoms with E-state index < -0.39 is 0 Å². The lowest BCUT2D eigenvalue weighted by Crippen LogP contribution is -2.48. The first-order valence-corrected chi connectivity index (χ1v) is 7.16. The van der Waals surface area contributed by atoms with E-state index in [4.69, 9.17) is 11.6 Å². The molecule has 2 aromatic rings. The molecule has 108 valence electrons. The minimum absolute atomic E-state index is 0.0126. The van der Waals surface area contributed by atoms with Gasteiger partial charge in [0.1, 0.15) is 6.33 Å². The maximum atomic E-state index is 12.3. The number of benzene rings is 1. The summed E-state index contributed by atoms with van der Waals surface area (Å²) in [6.07, 6.45) is 4.53. The number of anilines is 1. The molecule has 6 heteroatoms. The van der Waals surface area contributed by atoms with E-state index in [1.165, 1.54) is 6.33 Å². The molecule has 0 radical (unpaired) electrons. The van der Waals surface area contributed by atoms with E-state index >= 15 is 0 Å². The molecule has 5 nitrogen and oxygen atoms in total. The number of amides is 1. The summed E-state index contributed by atoms with van der Waals surface area (Å²) in [5.41, 5.74) is 1.63. The van der Waals surface area contributed by atoms with Crippen molar-refractivity contribution in [3.05, 3.63) is 53.6 Å². The Balaban J connectivity index is 1.64. The summed E-state index contributed by atoms with van der Waals surface area (Å²) in [5.74, 6) is -0.0126. The van der Waals surface area contributed by atoms with E-state index in [0.717, 1.165) is 23.8 Å². The van der Waals surface area contributed by atoms with Crippen molar-refractivity contribution in [1.29, 1.82) is 0 Å². The van der Waals surface area contributed by atoms with Crippen molar-refractivity contribution >= 4 is 23.2 Å². The fraction of sp³-hybridized carbons (Fsp3) is 0.267. The molecule has 0 saturated carbocycles. The van der Waals surface area contributed by atoms with Crippen LogP contribution in [0.1, 0.15) is 10.4 Å². The molecule has 1 aliphatic heterocycles. The average molecular weight is 303 g/mol. The van der Waals surface area contributed by atoms with Gasteiger partial charge in [-0.05, 0) is 18.2 Å². The molecule has 0 atom stereocenters. The zero-order valence-corrected chi connectivity index (χ0v) is 12.2. The number of hydrogen-bond donors (Lipinski definition) is 0. The smallest absolute Gasteiger partial charge is 0.257 e. The Kier molecular flexibility index (Phi) is 4.01. The van der Waals surface area contributed by atoms with Crippen LogP contribution in [0.4, 0.5) is 5.69 Å². The van der Waals surface area contributed by atoms with Gasteiger partial charge in [0, 0.05) is 49.3 Å². The van der Waals surface area contributed by atoms with Crippen molar-refractivity contribution in [3.63, 3.8) is 0 Å². The highest BCUT2D eigenvalue weighted by Gasteiger charge is 2.22. The number of halogens is 1. The van der Waals surface area contributed by atoms with Crippen LogP contribution in [0, 0.1) is 0 Å². The number of nitrogens with zero attached hydrogens (tertiary/aromatic N) is 4. The van der Waals surface area contributed by atoms with E-state index in [-0.39, 0.29) is 5.91 Å². The second kappa shape index (κ2) is 6.10. The predicted molar refractivity (Wildman–Crippen MR) is 81.6 cm³/mol. The number of piperazine rings is 1. The molecule has 1 saturated heterocycles. The highest BCUT2D eigenvalue weighted by atomic mass is 35.5. The van der Waals surface area contributed by atoms with Crippen molar-refractivity contribution < 1.29 is 4.79 Å². The first-order chi connectivity index (χ1) is 10.2. The van der Waals surface area contributed by atoms with Crippen LogP contribution in [0.5, 0.6) is 0 Å². The molecule has 21 heavy (non-hydrogen) atoms. The fourth-order valence-corrected chi connectivity index (χ4v) is 2.62. The second-order valence-corrected chi connectivity index (χ2v) is 5.32. The van der Waals surface area contributed by atoms with Crippen LogP contribution in [-0.4, -0.2) is 47.0 Å². The third kappa shape index (κ3) is 3.13. The molecule has 0 aliphatic carbocycles. The van der Waals surface area contributed by atoms with Crippen LogP contribution in [0.2, 0.25) is 5.02 Å². The molecule has 2 heterocycles. The normalized spacial score (nSPS) is 15.1. The van der Waals surface area contributed by atoms with Crippen molar-refractivity contribution in [2.45, 2.75) is 0 Å². The van der Waals surface area contributed by atoms with Gasteiger partial charge < -0.3 is 9.80 Å². The summed E-state index contributed by atoms with van der Waals surface area (Å²) in [4.78, 5) is 24.1. The number of carbonyl (C=O) groups is 1. The van der Waals surface area contributed by atoms with Gasteiger partial charge in [-0.1, -0.05) is 17.7 Å². The molecule has 1 fully saturated rings. The summed E-state index contributed by atoms with van der Waals surface area (Å²) in [6, 6.07) is 7.79. The first-order valence-electron chi connectivity index (χ1n) is 6.79. The zero-order valence-electron chi connectivity index (χ0n) is 11.4. The Hall–Kier alpha value is -2.14. The number of carbonyl (C=O) groups excluding carboxylic acids is 1. The van der Waals surface area contributed by atoms with Crippen molar-refractivity contribution in [3.8, 4) is 0 Å². The van der Waals surface area contributed by atoms with Gasteiger partial charge in [-0.25, -0.2) is 9.97 Å². The topological polar surface area (TPSA) is 49.3 Å². The SMILES string of the molecule is O=C(c1cncnc1)N1CCN(c2cccc(Cl)c2)CC1. The Morgan fingerprint density at radius 1 is 1.10 bits per heavy atom. The van der Waals surface area contributed by atoms with Gasteiger partial charge in [-0.2, -0.15) is 0 Å². The molecule has 0 bridgehead atoms. The quantitative estimate of drug-likeness (QED) is 0.852. The summed E-state index contributed by atoms with van der Waals surface area (Å²) in [5, 5.41) is 0.729. The molecule has 1 aromatic heterocycles. The first kappa shape index (κ1) is 13.8. The molecule has 1 amide bonds. The lowest BCUT2D eigenvalue weighted by atomic mass is 10.2. The maximum Gasteiger partial charge on any atom is 0.257 e. The third-order valence-electron chi connectivity index (χ3n) is 3.55. The van der Waals surface area contributed by atoms with E-state index in [1.807, 2.05) is 29.2 Å². The van der Waals surface area contributed by atoms with Crippen LogP contribution in [0.15, 0.2) is 43.0 Å². The van der Waals surface area contributed by atoms with Gasteiger partial charge in [-0.15, -0.1) is 0 Å². The molecule has 3 rings (SSSR count). The predicted octanol–water partition coefficient (Wildman–Crippen LogP) is 2.09. The Morgan fingerprint density at radius 3 is 2.48 bits per heavy atom. The zero-order chi connectivity index (χ0) is 14.7. The minimum Gasteiger partial charge on any atom is -0.368 e. The lowest BCUT2D eigenvalue weighted by Gasteiger charge is -2.36. The fourth-order valence-electron chi connectivity index (χ4n) is 2.43. The summed E-state index contributed by atoms with van der Waals surface area (Å²) in [7, 11) is 0. The van der Waals surface area contributed by atoms with Crippen LogP contribution in [-0.2, 0) is 0 Å². The van der Waals surface area contributed by atoms with Gasteiger partial charge in [0.15, 0.2) is 0 Å². The molecule has 1 aliphatic rings. The van der Waals surface area contributed by atoms with Crippen LogP contribution in [0.3, 0.4) is 0 Å². The molecular weight excluding hydrogens is 288 g/mol. The van der Waals surface area contributed by atoms with Gasteiger partial charge in [0.05, 0.1) is 5.56 Å². The Morgan fingerprint density at radius 2 is 1.81 bits per heavy atom. The highest BCUT2D eigenvalue weighted by molar-refractivity contribution is 6.30. The molecular formula is C15H15ClN4O. The minimum atomic E-state index is -0.0126. The molecule has 0 N–H and O–H groups in total. The second-order valence-electron chi connectivity index (χ2n) is 4.89. The van der Waals surface area contributed by atoms with Crippen molar-refractivity contribution in [2.75, 3.05) is 31.1 Å². The number of aromatic nitrogens is 2. The maximum absolute atomic E-state index is 12.3. The van der Waals surface area contributed by atoms with E-state index in [1.54, 1.807) is 12.4 Å². The molecule has 0 unspecified atom stereocenters. The summed E-state index contributed by atoms with van der Waals surface area (Å²) < 4.78 is 0. The lowest BCUT2D eigenvalue weighted by molar-refractivity contribution is 0.0746. The van der Waals surface area contributed by atoms with Crippen LogP contribution in [0.25, 0.3) is 0 Å². The standard InChI is InChI=1S/C15H15ClN4O/c16-13-2-1-3-14(8-13)19-4-6-20(7-5-19)15(21)12-9-17-11-18-10-12/h1-3,8-11H,4-7H2. The summed E-state index contributed by atoms with van der Waals surface area (Å²) in [6.45, 7) is 2.94. The Bertz CT molecular complexity index is 627. The largest absolute Gasteiger partial charge is 0.368 e. The van der Waals surface area contributed by atoms with Crippen LogP contribution < -0.4 is 4.90 Å². The third-order valence-corrected chi connectivity index (χ3v) is 3.78. The Labute approximate surface area is 128 Å². The molecule has 1 aromatic carbocycles. The average Bonchev–Trinajstić information content (AvgIpc) is 2.55. The number of hydrogen-bond acceptors (Lipinski definition) is 4. The van der Waals surface area contributed by atoms with Gasteiger partial charge >= 0.3 is 0 Å². The van der Waals surface area contributed by atoms with Crippen molar-refractivity contribution in [2.24, 2.45) is 0 Å². The van der Waals surface area contributed by atoms with E-state index in [9.17, 15) is 4.79 Å². The number of rotatable bonds is 2. The van der Waals surface area contributed by atoms with Gasteiger partial charge in [-0.3, -0.25) is 4.79 Å². The van der Waals surface area contributed by atoms with E-state index in [2.05, 4.69) is 14.9 Å². The monoisotopic (exact) mass is 302 g/mol. The van der Waals surface area contributed by atoms with Gasteiger partial charge in [0.2, 0.25) is 0 Å². The van der Waals surface area contributed by atoms with Gasteiger partial charge in [0.25, 0.3) is 5.91 Å². The van der Waals surface area contributed by atoms with Crippen molar-refractivity contribution in [1.82, 2.24) is 14.9 Å². The molecule has 0 spiro atoms. The van der Waals surface area contributed by atoms with Crippen LogP contribution >= 0.6 is 11.6 Å². The highest BCUT2D eigenvalue weighted by Crippen LogP contribution is 2.21. The summed E-state index contributed by atoms with van der Waals surface area (Å²) >= 11 is 6.02. The van der Waals surface area contributed by atoms with E-state index in [0.29, 0.717) is 18.7 Å².